The van der Waals surface area contributed by atoms with E-state index >= 15 is 0 Å². The van der Waals surface area contributed by atoms with E-state index in [0.717, 1.165) is 22.5 Å². The van der Waals surface area contributed by atoms with E-state index in [9.17, 15) is 9.90 Å². The van der Waals surface area contributed by atoms with Gasteiger partial charge in [0, 0.05) is 22.5 Å². The van der Waals surface area contributed by atoms with Gasteiger partial charge in [-0.25, -0.2) is 4.79 Å². The van der Waals surface area contributed by atoms with Gasteiger partial charge in [-0.1, -0.05) is 12.1 Å². The Morgan fingerprint density at radius 3 is 2.55 bits per heavy atom. The van der Waals surface area contributed by atoms with Gasteiger partial charge in [-0.2, -0.15) is 0 Å². The van der Waals surface area contributed by atoms with Crippen LogP contribution in [0.2, 0.25) is 0 Å². The lowest BCUT2D eigenvalue weighted by Gasteiger charge is -2.13. The van der Waals surface area contributed by atoms with Gasteiger partial charge in [0.1, 0.15) is 0 Å². The number of nitrogens with zero attached hydrogens (tertiary/aromatic N) is 1. The number of aromatic carboxylic acids is 1. The first kappa shape index (κ1) is 13.9. The molecule has 1 aromatic heterocycles. The molecule has 0 radical (unpaired) electrons. The first-order valence-electron chi connectivity index (χ1n) is 6.72. The minimum Gasteiger partial charge on any atom is -0.872 e. The molecule has 0 aliphatic heterocycles. The van der Waals surface area contributed by atoms with E-state index in [1.165, 1.54) is 18.2 Å². The molecular formula is C17H13N2O3-. The van der Waals surface area contributed by atoms with Crippen molar-refractivity contribution in [2.24, 2.45) is 0 Å². The van der Waals surface area contributed by atoms with Crippen molar-refractivity contribution in [2.75, 3.05) is 5.32 Å². The summed E-state index contributed by atoms with van der Waals surface area (Å²) in [6, 6.07) is 13.0. The summed E-state index contributed by atoms with van der Waals surface area (Å²) in [5.74, 6) is -1.04. The zero-order valence-corrected chi connectivity index (χ0v) is 11.8. The summed E-state index contributed by atoms with van der Waals surface area (Å²) in [6.07, 6.45) is 0. The molecule has 3 rings (SSSR count). The third kappa shape index (κ3) is 2.69. The Bertz CT molecular complexity index is 858. The van der Waals surface area contributed by atoms with Crippen LogP contribution in [0.4, 0.5) is 11.4 Å². The summed E-state index contributed by atoms with van der Waals surface area (Å²) < 4.78 is 0. The molecule has 5 heteroatoms. The SMILES string of the molecule is Cc1cc(Nc2ccc([O-])cc2)c2cc(C(=O)O)ccc2n1. The summed E-state index contributed by atoms with van der Waals surface area (Å²) >= 11 is 0. The molecule has 22 heavy (non-hydrogen) atoms. The summed E-state index contributed by atoms with van der Waals surface area (Å²) in [5.41, 5.74) is 3.25. The fourth-order valence-electron chi connectivity index (χ4n) is 2.29. The Hall–Kier alpha value is -3.08. The predicted molar refractivity (Wildman–Crippen MR) is 82.6 cm³/mol. The van der Waals surface area contributed by atoms with Crippen LogP contribution in [0.5, 0.6) is 5.75 Å². The molecule has 3 aromatic rings. The van der Waals surface area contributed by atoms with Gasteiger partial charge in [-0.05, 0) is 43.3 Å². The minimum absolute atomic E-state index is 0.0607. The molecule has 5 nitrogen and oxygen atoms in total. The predicted octanol–water partition coefficient (Wildman–Crippen LogP) is 3.06. The topological polar surface area (TPSA) is 85.3 Å². The number of carboxylic acid groups (broad SMARTS) is 1. The number of nitrogens with one attached hydrogen (secondary N) is 1. The van der Waals surface area contributed by atoms with E-state index in [1.54, 1.807) is 24.3 Å². The van der Waals surface area contributed by atoms with Gasteiger partial charge in [0.2, 0.25) is 0 Å². The second-order valence-electron chi connectivity index (χ2n) is 5.00. The molecule has 2 N–H and O–H groups in total. The highest BCUT2D eigenvalue weighted by Gasteiger charge is 2.09. The quantitative estimate of drug-likeness (QED) is 0.775. The van der Waals surface area contributed by atoms with Crippen LogP contribution in [0.1, 0.15) is 16.1 Å². The number of carboxylic acids is 1. The van der Waals surface area contributed by atoms with Crippen molar-refractivity contribution in [3.63, 3.8) is 0 Å². The number of pyridine rings is 1. The van der Waals surface area contributed by atoms with Crippen LogP contribution in [-0.4, -0.2) is 16.1 Å². The smallest absolute Gasteiger partial charge is 0.335 e. The Morgan fingerprint density at radius 2 is 1.86 bits per heavy atom. The van der Waals surface area contributed by atoms with Crippen LogP contribution in [0.3, 0.4) is 0 Å². The van der Waals surface area contributed by atoms with Crippen LogP contribution >= 0.6 is 0 Å². The van der Waals surface area contributed by atoms with Gasteiger partial charge < -0.3 is 15.5 Å². The van der Waals surface area contributed by atoms with Crippen molar-refractivity contribution in [2.45, 2.75) is 6.92 Å². The van der Waals surface area contributed by atoms with Gasteiger partial charge in [-0.15, -0.1) is 5.75 Å². The standard InChI is InChI=1S/C17H14N2O3/c1-10-8-16(19-12-3-5-13(20)6-4-12)14-9-11(17(21)22)2-7-15(14)18-10/h2-9,20H,1H3,(H,18,19)(H,21,22)/p-1. The highest BCUT2D eigenvalue weighted by atomic mass is 16.4. The highest BCUT2D eigenvalue weighted by molar-refractivity contribution is 5.99. The summed E-state index contributed by atoms with van der Waals surface area (Å²) in [7, 11) is 0. The highest BCUT2D eigenvalue weighted by Crippen LogP contribution is 2.28. The number of benzene rings is 2. The molecule has 0 aliphatic rings. The lowest BCUT2D eigenvalue weighted by Crippen LogP contribution is -1.99. The van der Waals surface area contributed by atoms with Crippen LogP contribution in [0.25, 0.3) is 10.9 Å². The van der Waals surface area contributed by atoms with Crippen molar-refractivity contribution < 1.29 is 15.0 Å². The molecule has 110 valence electrons. The van der Waals surface area contributed by atoms with Crippen LogP contribution in [0.15, 0.2) is 48.5 Å². The average Bonchev–Trinajstić information content (AvgIpc) is 2.49. The molecule has 0 spiro atoms. The second kappa shape index (κ2) is 5.37. The van der Waals surface area contributed by atoms with Crippen molar-refractivity contribution in [1.29, 1.82) is 0 Å². The number of rotatable bonds is 3. The van der Waals surface area contributed by atoms with E-state index < -0.39 is 5.97 Å². The fraction of sp³-hybridized carbons (Fsp3) is 0.0588. The van der Waals surface area contributed by atoms with Gasteiger partial charge >= 0.3 is 5.97 Å². The van der Waals surface area contributed by atoms with Crippen LogP contribution < -0.4 is 10.4 Å². The Balaban J connectivity index is 2.11. The van der Waals surface area contributed by atoms with Gasteiger partial charge in [0.05, 0.1) is 11.1 Å². The molecule has 0 aliphatic carbocycles. The van der Waals surface area contributed by atoms with Gasteiger partial charge in [-0.3, -0.25) is 4.98 Å². The number of anilines is 2. The van der Waals surface area contributed by atoms with E-state index in [0.29, 0.717) is 5.52 Å². The molecule has 1 heterocycles. The zero-order valence-electron chi connectivity index (χ0n) is 11.8. The third-order valence-electron chi connectivity index (χ3n) is 3.32. The molecule has 0 atom stereocenters. The molecule has 0 unspecified atom stereocenters. The van der Waals surface area contributed by atoms with Crippen molar-refractivity contribution >= 4 is 28.2 Å². The molecule has 0 amide bonds. The lowest BCUT2D eigenvalue weighted by atomic mass is 10.1. The number of carbonyl (C=O) groups is 1. The lowest BCUT2D eigenvalue weighted by molar-refractivity contribution is -0.268. The first-order chi connectivity index (χ1) is 10.5. The van der Waals surface area contributed by atoms with E-state index in [1.807, 2.05) is 13.0 Å². The van der Waals surface area contributed by atoms with Crippen LogP contribution in [-0.2, 0) is 0 Å². The molecule has 0 bridgehead atoms. The largest absolute Gasteiger partial charge is 0.872 e. The Morgan fingerprint density at radius 1 is 1.14 bits per heavy atom. The monoisotopic (exact) mass is 293 g/mol. The maximum absolute atomic E-state index is 11.2. The number of aryl methyl sites for hydroxylation is 1. The summed E-state index contributed by atoms with van der Waals surface area (Å²) in [5, 5.41) is 24.2. The molecule has 2 aromatic carbocycles. The van der Waals surface area contributed by atoms with Crippen LogP contribution in [0, 0.1) is 6.92 Å². The van der Waals surface area contributed by atoms with Crippen molar-refractivity contribution in [1.82, 2.24) is 4.98 Å². The van der Waals surface area contributed by atoms with Crippen molar-refractivity contribution in [3.05, 3.63) is 59.8 Å². The van der Waals surface area contributed by atoms with E-state index in [-0.39, 0.29) is 11.3 Å². The van der Waals surface area contributed by atoms with Gasteiger partial charge in [0.15, 0.2) is 0 Å². The molecular weight excluding hydrogens is 280 g/mol. The van der Waals surface area contributed by atoms with Crippen molar-refractivity contribution in [3.8, 4) is 5.75 Å². The number of fused-ring (bicyclic) bond motifs is 1. The maximum Gasteiger partial charge on any atom is 0.335 e. The number of hydrogen-bond acceptors (Lipinski definition) is 4. The maximum atomic E-state index is 11.2. The Labute approximate surface area is 126 Å². The minimum atomic E-state index is -0.982. The first-order valence-corrected chi connectivity index (χ1v) is 6.72. The average molecular weight is 293 g/mol. The number of aromatic nitrogens is 1. The molecule has 0 saturated carbocycles. The Kier molecular flexibility index (Phi) is 3.39. The van der Waals surface area contributed by atoms with Gasteiger partial charge in [0.25, 0.3) is 0 Å². The van der Waals surface area contributed by atoms with E-state index in [4.69, 9.17) is 5.11 Å². The van der Waals surface area contributed by atoms with E-state index in [2.05, 4.69) is 10.3 Å². The summed E-state index contributed by atoms with van der Waals surface area (Å²) in [4.78, 5) is 15.6. The third-order valence-corrected chi connectivity index (χ3v) is 3.32. The second-order valence-corrected chi connectivity index (χ2v) is 5.00. The zero-order chi connectivity index (χ0) is 15.7. The molecule has 0 saturated heterocycles. The normalized spacial score (nSPS) is 10.6. The molecule has 0 fully saturated rings. The summed E-state index contributed by atoms with van der Waals surface area (Å²) in [6.45, 7) is 1.87. The fourth-order valence-corrected chi connectivity index (χ4v) is 2.29. The number of hydrogen-bond donors (Lipinski definition) is 2.